The summed E-state index contributed by atoms with van der Waals surface area (Å²) in [4.78, 5) is 27.4. The molecule has 1 amide bonds. The predicted octanol–water partition coefficient (Wildman–Crippen LogP) is 3.46. The molecule has 20 heavy (non-hydrogen) atoms. The van der Waals surface area contributed by atoms with Crippen LogP contribution in [0.3, 0.4) is 0 Å². The van der Waals surface area contributed by atoms with Gasteiger partial charge in [-0.2, -0.15) is 0 Å². The molecule has 0 aliphatic rings. The van der Waals surface area contributed by atoms with Crippen LogP contribution in [0, 0.1) is 0 Å². The van der Waals surface area contributed by atoms with E-state index in [1.807, 2.05) is 5.48 Å². The quantitative estimate of drug-likeness (QED) is 0.613. The van der Waals surface area contributed by atoms with Crippen LogP contribution in [0.2, 0.25) is 0 Å². The van der Waals surface area contributed by atoms with E-state index >= 15 is 0 Å². The van der Waals surface area contributed by atoms with E-state index in [0.29, 0.717) is 12.2 Å². The molecule has 0 saturated carbocycles. The van der Waals surface area contributed by atoms with Crippen molar-refractivity contribution in [2.45, 2.75) is 39.0 Å². The van der Waals surface area contributed by atoms with Gasteiger partial charge in [-0.05, 0) is 18.6 Å². The number of rotatable bonds is 7. The smallest absolute Gasteiger partial charge is 0.440 e. The van der Waals surface area contributed by atoms with E-state index in [1.54, 1.807) is 30.3 Å². The van der Waals surface area contributed by atoms with Gasteiger partial charge in [-0.25, -0.2) is 9.59 Å². The van der Waals surface area contributed by atoms with Crippen molar-refractivity contribution in [2.75, 3.05) is 6.61 Å². The maximum Gasteiger partial charge on any atom is 0.440 e. The van der Waals surface area contributed by atoms with Gasteiger partial charge >= 0.3 is 12.1 Å². The Bertz CT molecular complexity index is 406. The Hall–Kier alpha value is -2.04. The summed E-state index contributed by atoms with van der Waals surface area (Å²) in [7, 11) is 0. The van der Waals surface area contributed by atoms with Gasteiger partial charge in [-0.1, -0.05) is 50.8 Å². The van der Waals surface area contributed by atoms with Crippen LogP contribution in [0.5, 0.6) is 0 Å². The van der Waals surface area contributed by atoms with Crippen LogP contribution in [0.15, 0.2) is 30.3 Å². The first kappa shape index (κ1) is 16.0. The summed E-state index contributed by atoms with van der Waals surface area (Å²) in [6, 6.07) is 8.42. The standard InChI is InChI=1S/C15H21NO4/c1-2-3-4-5-9-12-19-15(18)16-20-14(17)13-10-7-6-8-11-13/h6-8,10-11H,2-5,9,12H2,1H3,(H,16,18). The molecular weight excluding hydrogens is 258 g/mol. The van der Waals surface area contributed by atoms with Crippen LogP contribution in [0.4, 0.5) is 4.79 Å². The Kier molecular flexibility index (Phi) is 7.87. The Morgan fingerprint density at radius 2 is 1.75 bits per heavy atom. The van der Waals surface area contributed by atoms with Crippen molar-refractivity contribution in [3.8, 4) is 0 Å². The van der Waals surface area contributed by atoms with Crippen molar-refractivity contribution in [1.82, 2.24) is 5.48 Å². The summed E-state index contributed by atoms with van der Waals surface area (Å²) in [6.45, 7) is 2.48. The van der Waals surface area contributed by atoms with Gasteiger partial charge in [-0.3, -0.25) is 0 Å². The van der Waals surface area contributed by atoms with E-state index in [9.17, 15) is 9.59 Å². The Morgan fingerprint density at radius 3 is 2.45 bits per heavy atom. The third-order valence-electron chi connectivity index (χ3n) is 2.72. The zero-order chi connectivity index (χ0) is 14.6. The molecule has 5 nitrogen and oxygen atoms in total. The van der Waals surface area contributed by atoms with Gasteiger partial charge in [0.2, 0.25) is 0 Å². The van der Waals surface area contributed by atoms with Gasteiger partial charge in [0, 0.05) is 0 Å². The number of ether oxygens (including phenoxy) is 1. The van der Waals surface area contributed by atoms with Crippen LogP contribution >= 0.6 is 0 Å². The molecule has 1 aromatic rings. The van der Waals surface area contributed by atoms with Gasteiger partial charge in [0.15, 0.2) is 0 Å². The average Bonchev–Trinajstić information content (AvgIpc) is 2.49. The van der Waals surface area contributed by atoms with Crippen LogP contribution in [-0.4, -0.2) is 18.7 Å². The molecule has 1 N–H and O–H groups in total. The SMILES string of the molecule is CCCCCCCOC(=O)NOC(=O)c1ccccc1. The number of amides is 1. The number of hydrogen-bond acceptors (Lipinski definition) is 4. The fourth-order valence-electron chi connectivity index (χ4n) is 1.62. The minimum absolute atomic E-state index is 0.332. The number of hydroxylamine groups is 1. The molecule has 110 valence electrons. The molecule has 0 atom stereocenters. The van der Waals surface area contributed by atoms with Gasteiger partial charge in [0.05, 0.1) is 12.2 Å². The van der Waals surface area contributed by atoms with Gasteiger partial charge in [0.25, 0.3) is 0 Å². The second kappa shape index (κ2) is 9.83. The van der Waals surface area contributed by atoms with Crippen molar-refractivity contribution in [3.05, 3.63) is 35.9 Å². The third kappa shape index (κ3) is 6.78. The minimum Gasteiger partial charge on any atom is -0.447 e. The van der Waals surface area contributed by atoms with Gasteiger partial charge < -0.3 is 9.57 Å². The lowest BCUT2D eigenvalue weighted by Gasteiger charge is -2.07. The van der Waals surface area contributed by atoms with Crippen molar-refractivity contribution in [2.24, 2.45) is 0 Å². The summed E-state index contributed by atoms with van der Waals surface area (Å²) in [5.41, 5.74) is 2.34. The minimum atomic E-state index is -0.746. The van der Waals surface area contributed by atoms with Crippen LogP contribution in [0.1, 0.15) is 49.4 Å². The number of unbranched alkanes of at least 4 members (excludes halogenated alkanes) is 4. The highest BCUT2D eigenvalue weighted by molar-refractivity contribution is 5.89. The van der Waals surface area contributed by atoms with E-state index in [-0.39, 0.29) is 0 Å². The highest BCUT2D eigenvalue weighted by Gasteiger charge is 2.09. The third-order valence-corrected chi connectivity index (χ3v) is 2.72. The van der Waals surface area contributed by atoms with Crippen LogP contribution in [-0.2, 0) is 9.57 Å². The van der Waals surface area contributed by atoms with Crippen molar-refractivity contribution in [3.63, 3.8) is 0 Å². The molecule has 0 radical (unpaired) electrons. The number of carbonyl (C=O) groups excluding carboxylic acids is 2. The number of hydrogen-bond donors (Lipinski definition) is 1. The summed E-state index contributed by atoms with van der Waals surface area (Å²) < 4.78 is 4.88. The zero-order valence-electron chi connectivity index (χ0n) is 11.8. The fourth-order valence-corrected chi connectivity index (χ4v) is 1.62. The first-order chi connectivity index (χ1) is 9.74. The molecule has 0 spiro atoms. The summed E-state index contributed by atoms with van der Waals surface area (Å²) in [5, 5.41) is 0. The first-order valence-corrected chi connectivity index (χ1v) is 6.93. The lowest BCUT2D eigenvalue weighted by atomic mass is 10.2. The average molecular weight is 279 g/mol. The molecule has 5 heteroatoms. The molecule has 1 aromatic carbocycles. The van der Waals surface area contributed by atoms with Crippen molar-refractivity contribution >= 4 is 12.1 Å². The molecule has 0 unspecified atom stereocenters. The number of nitrogens with one attached hydrogen (secondary N) is 1. The Balaban J connectivity index is 2.09. The molecule has 0 saturated heterocycles. The van der Waals surface area contributed by atoms with Crippen molar-refractivity contribution in [1.29, 1.82) is 0 Å². The maximum atomic E-state index is 11.5. The van der Waals surface area contributed by atoms with E-state index in [1.165, 1.54) is 12.8 Å². The van der Waals surface area contributed by atoms with Gasteiger partial charge in [-0.15, -0.1) is 5.48 Å². The molecule has 0 aromatic heterocycles. The molecule has 0 aliphatic heterocycles. The summed E-state index contributed by atoms with van der Waals surface area (Å²) >= 11 is 0. The Labute approximate surface area is 119 Å². The monoisotopic (exact) mass is 279 g/mol. The van der Waals surface area contributed by atoms with E-state index in [0.717, 1.165) is 19.3 Å². The van der Waals surface area contributed by atoms with E-state index in [4.69, 9.17) is 4.74 Å². The molecule has 0 heterocycles. The highest BCUT2D eigenvalue weighted by atomic mass is 16.7. The lowest BCUT2D eigenvalue weighted by molar-refractivity contribution is 0.0206. The van der Waals surface area contributed by atoms with Crippen molar-refractivity contribution < 1.29 is 19.2 Å². The van der Waals surface area contributed by atoms with Gasteiger partial charge in [0.1, 0.15) is 0 Å². The highest BCUT2D eigenvalue weighted by Crippen LogP contribution is 2.02. The molecule has 0 bridgehead atoms. The second-order valence-corrected chi connectivity index (χ2v) is 4.41. The van der Waals surface area contributed by atoms with E-state index < -0.39 is 12.1 Å². The number of benzene rings is 1. The van der Waals surface area contributed by atoms with Crippen LogP contribution < -0.4 is 5.48 Å². The zero-order valence-corrected chi connectivity index (χ0v) is 11.8. The topological polar surface area (TPSA) is 64.6 Å². The first-order valence-electron chi connectivity index (χ1n) is 6.93. The predicted molar refractivity (Wildman–Crippen MR) is 75.1 cm³/mol. The Morgan fingerprint density at radius 1 is 1.05 bits per heavy atom. The molecular formula is C15H21NO4. The molecule has 1 rings (SSSR count). The second-order valence-electron chi connectivity index (χ2n) is 4.41. The van der Waals surface area contributed by atoms with Crippen LogP contribution in [0.25, 0.3) is 0 Å². The maximum absolute atomic E-state index is 11.5. The molecule has 0 fully saturated rings. The lowest BCUT2D eigenvalue weighted by Crippen LogP contribution is -2.28. The fraction of sp³-hybridized carbons (Fsp3) is 0.467. The largest absolute Gasteiger partial charge is 0.447 e. The molecule has 0 aliphatic carbocycles. The number of carbonyl (C=O) groups is 2. The summed E-state index contributed by atoms with van der Waals surface area (Å²) in [6.07, 6.45) is 4.62. The normalized spacial score (nSPS) is 9.85. The summed E-state index contributed by atoms with van der Waals surface area (Å²) in [5.74, 6) is -0.620. The van der Waals surface area contributed by atoms with E-state index in [2.05, 4.69) is 11.8 Å².